The van der Waals surface area contributed by atoms with Crippen LogP contribution in [0.25, 0.3) is 0 Å². The van der Waals surface area contributed by atoms with E-state index in [1.165, 1.54) is 0 Å². The van der Waals surface area contributed by atoms with Gasteiger partial charge in [-0.25, -0.2) is 0 Å². The van der Waals surface area contributed by atoms with Crippen LogP contribution in [-0.4, -0.2) is 45.8 Å². The third-order valence-electron chi connectivity index (χ3n) is 2.85. The van der Waals surface area contributed by atoms with Crippen LogP contribution in [0, 0.1) is 12.3 Å². The lowest BCUT2D eigenvalue weighted by Crippen LogP contribution is -2.21. The highest BCUT2D eigenvalue weighted by molar-refractivity contribution is 5.46. The van der Waals surface area contributed by atoms with E-state index in [4.69, 9.17) is 15.9 Å². The molecule has 0 amide bonds. The van der Waals surface area contributed by atoms with Crippen molar-refractivity contribution in [3.63, 3.8) is 0 Å². The summed E-state index contributed by atoms with van der Waals surface area (Å²) in [6.45, 7) is 3.02. The van der Waals surface area contributed by atoms with Crippen LogP contribution in [0.5, 0.6) is 11.5 Å². The van der Waals surface area contributed by atoms with Crippen LogP contribution in [0.2, 0.25) is 0 Å². The van der Waals surface area contributed by atoms with Crippen LogP contribution < -0.4 is 14.8 Å². The number of rotatable bonds is 9. The molecule has 0 aliphatic rings. The molecule has 0 spiro atoms. The van der Waals surface area contributed by atoms with Gasteiger partial charge in [-0.3, -0.25) is 0 Å². The minimum absolute atomic E-state index is 0.244. The van der Waals surface area contributed by atoms with Gasteiger partial charge in [0.05, 0.1) is 7.11 Å². The van der Waals surface area contributed by atoms with Crippen molar-refractivity contribution in [2.24, 2.45) is 0 Å². The van der Waals surface area contributed by atoms with Gasteiger partial charge < -0.3 is 19.7 Å². The normalized spacial score (nSPS) is 10.3. The number of hydrogen-bond donors (Lipinski definition) is 1. The lowest BCUT2D eigenvalue weighted by Gasteiger charge is -2.14. The Bertz CT molecular complexity index is 439. The number of benzene rings is 1. The summed E-state index contributed by atoms with van der Waals surface area (Å²) in [6, 6.07) is 5.85. The van der Waals surface area contributed by atoms with E-state index < -0.39 is 0 Å². The zero-order valence-electron chi connectivity index (χ0n) is 12.6. The molecule has 0 fully saturated rings. The van der Waals surface area contributed by atoms with Crippen molar-refractivity contribution >= 4 is 0 Å². The fourth-order valence-corrected chi connectivity index (χ4v) is 1.88. The van der Waals surface area contributed by atoms with Gasteiger partial charge in [-0.1, -0.05) is 18.1 Å². The van der Waals surface area contributed by atoms with Gasteiger partial charge in [0.2, 0.25) is 0 Å². The van der Waals surface area contributed by atoms with Crippen LogP contribution in [0.15, 0.2) is 18.2 Å². The smallest absolute Gasteiger partial charge is 0.167 e. The molecule has 4 nitrogen and oxygen atoms in total. The highest BCUT2D eigenvalue weighted by Crippen LogP contribution is 2.30. The number of methoxy groups -OCH3 is 1. The van der Waals surface area contributed by atoms with Crippen molar-refractivity contribution in [2.45, 2.75) is 13.0 Å². The van der Waals surface area contributed by atoms with Gasteiger partial charge in [0.1, 0.15) is 6.61 Å². The number of ether oxygens (including phenoxy) is 2. The van der Waals surface area contributed by atoms with E-state index in [1.54, 1.807) is 7.11 Å². The SMILES string of the molecule is C#CCOc1c(CNCCCN(C)C)cccc1OC. The third kappa shape index (κ3) is 5.52. The minimum atomic E-state index is 0.244. The molecule has 0 radical (unpaired) electrons. The average Bonchev–Trinajstić information content (AvgIpc) is 2.44. The highest BCUT2D eigenvalue weighted by Gasteiger charge is 2.09. The van der Waals surface area contributed by atoms with Gasteiger partial charge >= 0.3 is 0 Å². The second-order valence-corrected chi connectivity index (χ2v) is 4.77. The molecule has 0 heterocycles. The number of nitrogens with one attached hydrogen (secondary N) is 1. The van der Waals surface area contributed by atoms with Crippen molar-refractivity contribution in [3.05, 3.63) is 23.8 Å². The first kappa shape index (κ1) is 16.4. The quantitative estimate of drug-likeness (QED) is 0.550. The molecular weight excluding hydrogens is 252 g/mol. The number of terminal acetylenes is 1. The molecule has 0 saturated heterocycles. The van der Waals surface area contributed by atoms with Gasteiger partial charge in [-0.15, -0.1) is 6.42 Å². The second kappa shape index (κ2) is 9.24. The third-order valence-corrected chi connectivity index (χ3v) is 2.85. The maximum absolute atomic E-state index is 5.59. The van der Waals surface area contributed by atoms with E-state index in [9.17, 15) is 0 Å². The van der Waals surface area contributed by atoms with Gasteiger partial charge in [0.15, 0.2) is 11.5 Å². The molecule has 1 N–H and O–H groups in total. The van der Waals surface area contributed by atoms with Crippen molar-refractivity contribution in [1.29, 1.82) is 0 Å². The van der Waals surface area contributed by atoms with Gasteiger partial charge in [0.25, 0.3) is 0 Å². The van der Waals surface area contributed by atoms with Gasteiger partial charge in [-0.05, 0) is 39.7 Å². The van der Waals surface area contributed by atoms with E-state index in [1.807, 2.05) is 18.2 Å². The lowest BCUT2D eigenvalue weighted by atomic mass is 10.2. The molecule has 0 atom stereocenters. The number of nitrogens with zero attached hydrogens (tertiary/aromatic N) is 1. The van der Waals surface area contributed by atoms with Crippen LogP contribution in [-0.2, 0) is 6.54 Å². The Kier molecular flexibility index (Phi) is 7.56. The Morgan fingerprint density at radius 2 is 2.15 bits per heavy atom. The zero-order chi connectivity index (χ0) is 14.8. The van der Waals surface area contributed by atoms with Crippen molar-refractivity contribution < 1.29 is 9.47 Å². The van der Waals surface area contributed by atoms with Crippen molar-refractivity contribution in [1.82, 2.24) is 10.2 Å². The fourth-order valence-electron chi connectivity index (χ4n) is 1.88. The van der Waals surface area contributed by atoms with Crippen molar-refractivity contribution in [3.8, 4) is 23.8 Å². The van der Waals surface area contributed by atoms with Crippen LogP contribution >= 0.6 is 0 Å². The van der Waals surface area contributed by atoms with Crippen molar-refractivity contribution in [2.75, 3.05) is 40.9 Å². The molecule has 1 aromatic carbocycles. The predicted octanol–water partition coefficient (Wildman–Crippen LogP) is 1.75. The summed E-state index contributed by atoms with van der Waals surface area (Å²) in [5, 5.41) is 3.41. The Morgan fingerprint density at radius 3 is 2.80 bits per heavy atom. The van der Waals surface area contributed by atoms with Gasteiger partial charge in [0, 0.05) is 12.1 Å². The summed E-state index contributed by atoms with van der Waals surface area (Å²) in [4.78, 5) is 2.18. The molecule has 20 heavy (non-hydrogen) atoms. The van der Waals surface area contributed by atoms with Gasteiger partial charge in [-0.2, -0.15) is 0 Å². The summed E-state index contributed by atoms with van der Waals surface area (Å²) in [6.07, 6.45) is 6.36. The van der Waals surface area contributed by atoms with E-state index in [-0.39, 0.29) is 6.61 Å². The Hall–Kier alpha value is -1.70. The predicted molar refractivity (Wildman–Crippen MR) is 82.2 cm³/mol. The van der Waals surface area contributed by atoms with Crippen LogP contribution in [0.4, 0.5) is 0 Å². The number of hydrogen-bond acceptors (Lipinski definition) is 4. The summed E-state index contributed by atoms with van der Waals surface area (Å²) >= 11 is 0. The molecule has 1 rings (SSSR count). The molecule has 0 saturated carbocycles. The largest absolute Gasteiger partial charge is 0.493 e. The zero-order valence-corrected chi connectivity index (χ0v) is 12.6. The molecule has 4 heteroatoms. The summed E-state index contributed by atoms with van der Waals surface area (Å²) in [5.41, 5.74) is 1.06. The fraction of sp³-hybridized carbons (Fsp3) is 0.500. The Balaban J connectivity index is 2.57. The molecule has 0 unspecified atom stereocenters. The second-order valence-electron chi connectivity index (χ2n) is 4.77. The van der Waals surface area contributed by atoms with E-state index >= 15 is 0 Å². The molecule has 1 aromatic rings. The van der Waals surface area contributed by atoms with Crippen LogP contribution in [0.1, 0.15) is 12.0 Å². The van der Waals surface area contributed by atoms with Crippen LogP contribution in [0.3, 0.4) is 0 Å². The maximum atomic E-state index is 5.59. The molecule has 0 aliphatic heterocycles. The first-order valence-corrected chi connectivity index (χ1v) is 6.76. The number of para-hydroxylation sites is 1. The van der Waals surface area contributed by atoms with E-state index in [0.717, 1.165) is 37.4 Å². The first-order chi connectivity index (χ1) is 9.69. The first-order valence-electron chi connectivity index (χ1n) is 6.76. The molecule has 0 bridgehead atoms. The highest BCUT2D eigenvalue weighted by atomic mass is 16.5. The molecule has 0 aromatic heterocycles. The Labute approximate surface area is 122 Å². The summed E-state index contributed by atoms with van der Waals surface area (Å²) in [5.74, 6) is 3.93. The topological polar surface area (TPSA) is 33.7 Å². The maximum Gasteiger partial charge on any atom is 0.167 e. The average molecular weight is 276 g/mol. The standard InChI is InChI=1S/C16H24N2O2/c1-5-12-20-16-14(8-6-9-15(16)19-4)13-17-10-7-11-18(2)3/h1,6,8-9,17H,7,10-13H2,2-4H3. The summed E-state index contributed by atoms with van der Waals surface area (Å²) < 4.78 is 10.9. The Morgan fingerprint density at radius 1 is 1.35 bits per heavy atom. The minimum Gasteiger partial charge on any atom is -0.493 e. The molecular formula is C16H24N2O2. The monoisotopic (exact) mass is 276 g/mol. The van der Waals surface area contributed by atoms with E-state index in [2.05, 4.69) is 30.2 Å². The lowest BCUT2D eigenvalue weighted by molar-refractivity contribution is 0.326. The molecule has 110 valence electrons. The summed E-state index contributed by atoms with van der Waals surface area (Å²) in [7, 11) is 5.79. The molecule has 0 aliphatic carbocycles. The van der Waals surface area contributed by atoms with E-state index in [0.29, 0.717) is 5.75 Å².